The number of benzene rings is 1. The molecule has 1 aromatic rings. The van der Waals surface area contributed by atoms with Crippen LogP contribution in [0.25, 0.3) is 0 Å². The van der Waals surface area contributed by atoms with Crippen LogP contribution in [-0.4, -0.2) is 42.4 Å². The third kappa shape index (κ3) is 3.66. The molecule has 1 aliphatic carbocycles. The Morgan fingerprint density at radius 3 is 2.82 bits per heavy atom. The van der Waals surface area contributed by atoms with Crippen LogP contribution in [-0.2, 0) is 4.79 Å². The predicted octanol–water partition coefficient (Wildman–Crippen LogP) is 2.45. The molecule has 0 aromatic heterocycles. The Kier molecular flexibility index (Phi) is 4.74. The lowest BCUT2D eigenvalue weighted by Gasteiger charge is -2.21. The van der Waals surface area contributed by atoms with Crippen molar-refractivity contribution >= 4 is 17.7 Å². The average Bonchev–Trinajstić information content (AvgIpc) is 3.38. The number of nitrogens with zero attached hydrogens (tertiary/aromatic N) is 2. The highest BCUT2D eigenvalue weighted by molar-refractivity contribution is 8.00. The molecule has 1 saturated carbocycles. The first kappa shape index (κ1) is 15.0. The van der Waals surface area contributed by atoms with Crippen molar-refractivity contribution in [1.82, 2.24) is 4.90 Å². The number of hydrogen-bond acceptors (Lipinski definition) is 5. The molecule has 0 atom stereocenters. The van der Waals surface area contributed by atoms with Crippen LogP contribution >= 0.6 is 11.8 Å². The number of amides is 1. The van der Waals surface area contributed by atoms with Gasteiger partial charge in [0.05, 0.1) is 18.2 Å². The van der Waals surface area contributed by atoms with E-state index in [-0.39, 0.29) is 5.91 Å². The minimum Gasteiger partial charge on any atom is -0.486 e. The van der Waals surface area contributed by atoms with Gasteiger partial charge in [-0.25, -0.2) is 0 Å². The fourth-order valence-corrected chi connectivity index (χ4v) is 3.22. The van der Waals surface area contributed by atoms with E-state index < -0.39 is 0 Å². The number of carbonyl (C=O) groups excluding carboxylic acids is 1. The Hall–Kier alpha value is -1.87. The maximum Gasteiger partial charge on any atom is 0.233 e. The van der Waals surface area contributed by atoms with Gasteiger partial charge in [0.25, 0.3) is 0 Å². The molecular formula is C16H18N2O3S. The summed E-state index contributed by atoms with van der Waals surface area (Å²) in [6, 6.07) is 8.21. The molecule has 6 heteroatoms. The molecule has 0 radical (unpaired) electrons. The van der Waals surface area contributed by atoms with Gasteiger partial charge >= 0.3 is 0 Å². The number of carbonyl (C=O) groups is 1. The van der Waals surface area contributed by atoms with Gasteiger partial charge in [-0.2, -0.15) is 5.26 Å². The normalized spacial score (nSPS) is 16.0. The van der Waals surface area contributed by atoms with E-state index in [9.17, 15) is 4.79 Å². The van der Waals surface area contributed by atoms with E-state index in [1.54, 1.807) is 0 Å². The van der Waals surface area contributed by atoms with Gasteiger partial charge in [0, 0.05) is 17.5 Å². The molecule has 0 saturated heterocycles. The number of fused-ring (bicyclic) bond motifs is 1. The summed E-state index contributed by atoms with van der Waals surface area (Å²) in [7, 11) is 0. The molecule has 0 N–H and O–H groups in total. The summed E-state index contributed by atoms with van der Waals surface area (Å²) >= 11 is 1.50. The van der Waals surface area contributed by atoms with Gasteiger partial charge in [-0.05, 0) is 31.0 Å². The van der Waals surface area contributed by atoms with Crippen LogP contribution in [0.2, 0.25) is 0 Å². The Balaban J connectivity index is 1.57. The molecule has 1 fully saturated rings. The second-order valence-electron chi connectivity index (χ2n) is 5.32. The van der Waals surface area contributed by atoms with E-state index in [4.69, 9.17) is 14.7 Å². The number of ether oxygens (including phenoxy) is 2. The molecule has 1 aliphatic heterocycles. The van der Waals surface area contributed by atoms with Crippen molar-refractivity contribution in [3.63, 3.8) is 0 Å². The van der Waals surface area contributed by atoms with Crippen LogP contribution in [0.15, 0.2) is 23.1 Å². The molecule has 0 unspecified atom stereocenters. The van der Waals surface area contributed by atoms with Crippen LogP contribution in [0.3, 0.4) is 0 Å². The lowest BCUT2D eigenvalue weighted by Crippen LogP contribution is -2.35. The Morgan fingerprint density at radius 1 is 1.32 bits per heavy atom. The monoisotopic (exact) mass is 318 g/mol. The molecular weight excluding hydrogens is 300 g/mol. The molecule has 0 spiro atoms. The van der Waals surface area contributed by atoms with Gasteiger partial charge in [-0.1, -0.05) is 0 Å². The molecule has 5 nitrogen and oxygen atoms in total. The van der Waals surface area contributed by atoms with E-state index in [1.807, 2.05) is 23.1 Å². The standard InChI is InChI=1S/C16H18N2O3S/c17-6-1-7-18(12-2-3-12)16(19)11-22-13-4-5-14-15(10-13)21-9-8-20-14/h4-5,10,12H,1-3,7-9,11H2. The van der Waals surface area contributed by atoms with Crippen LogP contribution in [0.5, 0.6) is 11.5 Å². The predicted molar refractivity (Wildman–Crippen MR) is 83.1 cm³/mol. The maximum atomic E-state index is 12.3. The van der Waals surface area contributed by atoms with Gasteiger partial charge in [-0.3, -0.25) is 4.79 Å². The summed E-state index contributed by atoms with van der Waals surface area (Å²) in [6.45, 7) is 1.68. The van der Waals surface area contributed by atoms with Crippen LogP contribution in [0.1, 0.15) is 19.3 Å². The summed E-state index contributed by atoms with van der Waals surface area (Å²) in [5, 5.41) is 8.70. The van der Waals surface area contributed by atoms with E-state index in [1.165, 1.54) is 11.8 Å². The molecule has 116 valence electrons. The van der Waals surface area contributed by atoms with E-state index in [2.05, 4.69) is 6.07 Å². The number of nitriles is 1. The van der Waals surface area contributed by atoms with Crippen LogP contribution in [0.4, 0.5) is 0 Å². The Bertz CT molecular complexity index is 596. The maximum absolute atomic E-state index is 12.3. The SMILES string of the molecule is N#CCCN(C(=O)CSc1ccc2c(c1)OCCO2)C1CC1. The minimum absolute atomic E-state index is 0.109. The van der Waals surface area contributed by atoms with Gasteiger partial charge in [0.2, 0.25) is 5.91 Å². The van der Waals surface area contributed by atoms with Crippen molar-refractivity contribution in [3.05, 3.63) is 18.2 Å². The highest BCUT2D eigenvalue weighted by Gasteiger charge is 2.31. The smallest absolute Gasteiger partial charge is 0.233 e. The second-order valence-corrected chi connectivity index (χ2v) is 6.37. The summed E-state index contributed by atoms with van der Waals surface area (Å²) in [5.74, 6) is 2.00. The molecule has 1 amide bonds. The first-order chi connectivity index (χ1) is 10.8. The lowest BCUT2D eigenvalue weighted by atomic mass is 10.3. The minimum atomic E-state index is 0.109. The third-order valence-corrected chi connectivity index (χ3v) is 4.63. The zero-order valence-corrected chi connectivity index (χ0v) is 13.1. The first-order valence-corrected chi connectivity index (χ1v) is 8.45. The number of rotatable bonds is 6. The third-order valence-electron chi connectivity index (χ3n) is 3.65. The highest BCUT2D eigenvalue weighted by atomic mass is 32.2. The highest BCUT2D eigenvalue weighted by Crippen LogP contribution is 2.34. The fourth-order valence-electron chi connectivity index (χ4n) is 2.41. The molecule has 22 heavy (non-hydrogen) atoms. The van der Waals surface area contributed by atoms with Crippen molar-refractivity contribution < 1.29 is 14.3 Å². The van der Waals surface area contributed by atoms with E-state index in [0.29, 0.717) is 38.0 Å². The summed E-state index contributed by atoms with van der Waals surface area (Å²) in [4.78, 5) is 15.2. The van der Waals surface area contributed by atoms with Crippen molar-refractivity contribution in [1.29, 1.82) is 5.26 Å². The number of thioether (sulfide) groups is 1. The average molecular weight is 318 g/mol. The van der Waals surface area contributed by atoms with Crippen molar-refractivity contribution in [2.45, 2.75) is 30.2 Å². The summed E-state index contributed by atoms with van der Waals surface area (Å²) in [6.07, 6.45) is 2.52. The van der Waals surface area contributed by atoms with E-state index in [0.717, 1.165) is 29.2 Å². The molecule has 1 aromatic carbocycles. The Labute approximate surface area is 134 Å². The first-order valence-electron chi connectivity index (χ1n) is 7.47. The number of hydrogen-bond donors (Lipinski definition) is 0. The van der Waals surface area contributed by atoms with Crippen molar-refractivity contribution in [2.24, 2.45) is 0 Å². The second kappa shape index (κ2) is 6.93. The molecule has 0 bridgehead atoms. The van der Waals surface area contributed by atoms with Crippen LogP contribution in [0, 0.1) is 11.3 Å². The zero-order chi connectivity index (χ0) is 15.4. The summed E-state index contributed by atoms with van der Waals surface area (Å²) in [5.41, 5.74) is 0. The topological polar surface area (TPSA) is 62.6 Å². The van der Waals surface area contributed by atoms with Gasteiger partial charge in [0.15, 0.2) is 11.5 Å². The van der Waals surface area contributed by atoms with Gasteiger partial charge < -0.3 is 14.4 Å². The van der Waals surface area contributed by atoms with Crippen LogP contribution < -0.4 is 9.47 Å². The fraction of sp³-hybridized carbons (Fsp3) is 0.500. The largest absolute Gasteiger partial charge is 0.486 e. The van der Waals surface area contributed by atoms with E-state index >= 15 is 0 Å². The van der Waals surface area contributed by atoms with Gasteiger partial charge in [-0.15, -0.1) is 11.8 Å². The van der Waals surface area contributed by atoms with Crippen molar-refractivity contribution in [2.75, 3.05) is 25.5 Å². The molecule has 1 heterocycles. The van der Waals surface area contributed by atoms with Crippen molar-refractivity contribution in [3.8, 4) is 17.6 Å². The molecule has 3 rings (SSSR count). The van der Waals surface area contributed by atoms with Gasteiger partial charge in [0.1, 0.15) is 13.2 Å². The zero-order valence-electron chi connectivity index (χ0n) is 12.3. The quantitative estimate of drug-likeness (QED) is 0.754. The lowest BCUT2D eigenvalue weighted by molar-refractivity contribution is -0.128. The summed E-state index contributed by atoms with van der Waals surface area (Å²) < 4.78 is 11.0. The Morgan fingerprint density at radius 2 is 2.09 bits per heavy atom. The molecule has 2 aliphatic rings.